The Balaban J connectivity index is 2.85. The molecule has 1 rings (SSSR count). The van der Waals surface area contributed by atoms with E-state index >= 15 is 0 Å². The number of methoxy groups -OCH3 is 2. The maximum Gasteiger partial charge on any atom is 0.234 e. The van der Waals surface area contributed by atoms with Gasteiger partial charge < -0.3 is 20.5 Å². The number of hydrogen-bond acceptors (Lipinski definition) is 4. The molecular weight excluding hydrogens is 300 g/mol. The lowest BCUT2D eigenvalue weighted by molar-refractivity contribution is -0.119. The fourth-order valence-electron chi connectivity index (χ4n) is 1.44. The number of ether oxygens (including phenoxy) is 2. The van der Waals surface area contributed by atoms with E-state index in [9.17, 15) is 4.79 Å². The largest absolute Gasteiger partial charge is 0.493 e. The summed E-state index contributed by atoms with van der Waals surface area (Å²) in [7, 11) is 3.16. The molecule has 18 heavy (non-hydrogen) atoms. The van der Waals surface area contributed by atoms with Gasteiger partial charge >= 0.3 is 0 Å². The molecule has 0 saturated heterocycles. The summed E-state index contributed by atoms with van der Waals surface area (Å²) < 4.78 is 11.3. The molecule has 1 amide bonds. The van der Waals surface area contributed by atoms with E-state index in [1.54, 1.807) is 21.1 Å². The summed E-state index contributed by atoms with van der Waals surface area (Å²) in [6.45, 7) is 2.24. The molecule has 0 spiro atoms. The Bertz CT molecular complexity index is 438. The van der Waals surface area contributed by atoms with Gasteiger partial charge in [-0.25, -0.2) is 0 Å². The SMILES string of the molecule is COc1cc(CNC(C)C(N)=O)cc(Br)c1OC. The molecular formula is C12H17BrN2O3. The second kappa shape index (κ2) is 6.61. The van der Waals surface area contributed by atoms with E-state index in [-0.39, 0.29) is 11.9 Å². The molecule has 0 bridgehead atoms. The minimum atomic E-state index is -0.380. The Labute approximate surface area is 115 Å². The van der Waals surface area contributed by atoms with Crippen LogP contribution in [0.25, 0.3) is 0 Å². The lowest BCUT2D eigenvalue weighted by Gasteiger charge is -2.14. The number of rotatable bonds is 6. The molecule has 0 saturated carbocycles. The molecule has 0 aliphatic rings. The van der Waals surface area contributed by atoms with Crippen molar-refractivity contribution in [1.82, 2.24) is 5.32 Å². The average molecular weight is 317 g/mol. The van der Waals surface area contributed by atoms with Gasteiger partial charge in [0.2, 0.25) is 5.91 Å². The zero-order chi connectivity index (χ0) is 13.7. The Morgan fingerprint density at radius 1 is 1.44 bits per heavy atom. The first kappa shape index (κ1) is 14.8. The van der Waals surface area contributed by atoms with Crippen molar-refractivity contribution in [2.24, 2.45) is 5.73 Å². The molecule has 0 aromatic heterocycles. The van der Waals surface area contributed by atoms with E-state index in [0.29, 0.717) is 18.0 Å². The van der Waals surface area contributed by atoms with Crippen molar-refractivity contribution in [3.63, 3.8) is 0 Å². The number of hydrogen-bond donors (Lipinski definition) is 2. The molecule has 0 heterocycles. The second-order valence-corrected chi connectivity index (χ2v) is 4.67. The van der Waals surface area contributed by atoms with Gasteiger partial charge in [-0.05, 0) is 40.5 Å². The summed E-state index contributed by atoms with van der Waals surface area (Å²) in [6, 6.07) is 3.38. The lowest BCUT2D eigenvalue weighted by atomic mass is 10.2. The Morgan fingerprint density at radius 2 is 2.11 bits per heavy atom. The van der Waals surface area contributed by atoms with Gasteiger partial charge in [-0.1, -0.05) is 0 Å². The maximum absolute atomic E-state index is 10.9. The Kier molecular flexibility index (Phi) is 5.43. The summed E-state index contributed by atoms with van der Waals surface area (Å²) >= 11 is 3.41. The Morgan fingerprint density at radius 3 is 2.61 bits per heavy atom. The van der Waals surface area contributed by atoms with Crippen molar-refractivity contribution < 1.29 is 14.3 Å². The molecule has 1 unspecified atom stereocenters. The van der Waals surface area contributed by atoms with Gasteiger partial charge in [0.05, 0.1) is 24.7 Å². The summed E-state index contributed by atoms with van der Waals surface area (Å²) in [5.41, 5.74) is 6.14. The molecule has 1 aromatic carbocycles. The summed E-state index contributed by atoms with van der Waals surface area (Å²) in [6.07, 6.45) is 0. The highest BCUT2D eigenvalue weighted by Crippen LogP contribution is 2.36. The topological polar surface area (TPSA) is 73.6 Å². The lowest BCUT2D eigenvalue weighted by Crippen LogP contribution is -2.38. The average Bonchev–Trinajstić information content (AvgIpc) is 2.34. The minimum Gasteiger partial charge on any atom is -0.493 e. The number of amides is 1. The van der Waals surface area contributed by atoms with Crippen LogP contribution in [0.15, 0.2) is 16.6 Å². The first-order valence-corrected chi connectivity index (χ1v) is 6.22. The van der Waals surface area contributed by atoms with Crippen molar-refractivity contribution >= 4 is 21.8 Å². The third-order valence-electron chi connectivity index (χ3n) is 2.53. The zero-order valence-corrected chi connectivity index (χ0v) is 12.2. The highest BCUT2D eigenvalue weighted by molar-refractivity contribution is 9.10. The number of carbonyl (C=O) groups excluding carboxylic acids is 1. The number of halogens is 1. The van der Waals surface area contributed by atoms with Crippen LogP contribution in [0.4, 0.5) is 0 Å². The predicted octanol–water partition coefficient (Wildman–Crippen LogP) is 1.43. The standard InChI is InChI=1S/C12H17BrN2O3/c1-7(12(14)16)15-6-8-4-9(13)11(18-3)10(5-8)17-2/h4-5,7,15H,6H2,1-3H3,(H2,14,16). The van der Waals surface area contributed by atoms with Crippen LogP contribution < -0.4 is 20.5 Å². The van der Waals surface area contributed by atoms with E-state index in [1.807, 2.05) is 12.1 Å². The minimum absolute atomic E-state index is 0.378. The molecule has 0 fully saturated rings. The zero-order valence-electron chi connectivity index (χ0n) is 10.6. The van der Waals surface area contributed by atoms with Gasteiger partial charge in [-0.2, -0.15) is 0 Å². The van der Waals surface area contributed by atoms with Crippen molar-refractivity contribution in [2.75, 3.05) is 14.2 Å². The monoisotopic (exact) mass is 316 g/mol. The van der Waals surface area contributed by atoms with Gasteiger partial charge in [0.1, 0.15) is 0 Å². The predicted molar refractivity (Wildman–Crippen MR) is 72.7 cm³/mol. The van der Waals surface area contributed by atoms with Crippen molar-refractivity contribution in [2.45, 2.75) is 19.5 Å². The van der Waals surface area contributed by atoms with Crippen LogP contribution in [0.1, 0.15) is 12.5 Å². The first-order chi connectivity index (χ1) is 8.49. The van der Waals surface area contributed by atoms with E-state index in [1.165, 1.54) is 0 Å². The molecule has 100 valence electrons. The maximum atomic E-state index is 10.9. The fraction of sp³-hybridized carbons (Fsp3) is 0.417. The van der Waals surface area contributed by atoms with Crippen molar-refractivity contribution in [3.8, 4) is 11.5 Å². The van der Waals surface area contributed by atoms with Crippen LogP contribution in [-0.4, -0.2) is 26.2 Å². The number of benzene rings is 1. The number of nitrogens with two attached hydrogens (primary N) is 1. The van der Waals surface area contributed by atoms with Gasteiger partial charge in [-0.15, -0.1) is 0 Å². The van der Waals surface area contributed by atoms with Crippen LogP contribution in [0, 0.1) is 0 Å². The van der Waals surface area contributed by atoms with Crippen LogP contribution in [-0.2, 0) is 11.3 Å². The molecule has 0 radical (unpaired) electrons. The first-order valence-electron chi connectivity index (χ1n) is 5.42. The Hall–Kier alpha value is -1.27. The fourth-order valence-corrected chi connectivity index (χ4v) is 2.10. The van der Waals surface area contributed by atoms with Gasteiger partial charge in [-0.3, -0.25) is 4.79 Å². The third kappa shape index (κ3) is 3.61. The van der Waals surface area contributed by atoms with Crippen LogP contribution in [0.5, 0.6) is 11.5 Å². The van der Waals surface area contributed by atoms with Crippen molar-refractivity contribution in [1.29, 1.82) is 0 Å². The normalized spacial score (nSPS) is 12.0. The number of nitrogens with one attached hydrogen (secondary N) is 1. The van der Waals surface area contributed by atoms with Crippen LogP contribution in [0.2, 0.25) is 0 Å². The molecule has 1 aromatic rings. The summed E-state index contributed by atoms with van der Waals surface area (Å²) in [5.74, 6) is 0.897. The van der Waals surface area contributed by atoms with Gasteiger partial charge in [0, 0.05) is 6.54 Å². The van der Waals surface area contributed by atoms with Crippen LogP contribution >= 0.6 is 15.9 Å². The quantitative estimate of drug-likeness (QED) is 0.832. The van der Waals surface area contributed by atoms with Gasteiger partial charge in [0.15, 0.2) is 11.5 Å². The molecule has 1 atom stereocenters. The van der Waals surface area contributed by atoms with E-state index < -0.39 is 0 Å². The van der Waals surface area contributed by atoms with Crippen molar-refractivity contribution in [3.05, 3.63) is 22.2 Å². The molecule has 0 aliphatic carbocycles. The smallest absolute Gasteiger partial charge is 0.234 e. The summed E-state index contributed by atoms with van der Waals surface area (Å²) in [4.78, 5) is 10.9. The third-order valence-corrected chi connectivity index (χ3v) is 3.12. The molecule has 3 N–H and O–H groups in total. The highest BCUT2D eigenvalue weighted by Gasteiger charge is 2.12. The van der Waals surface area contributed by atoms with E-state index in [4.69, 9.17) is 15.2 Å². The molecule has 6 heteroatoms. The number of carbonyl (C=O) groups is 1. The number of primary amides is 1. The highest BCUT2D eigenvalue weighted by atomic mass is 79.9. The van der Waals surface area contributed by atoms with E-state index in [0.717, 1.165) is 10.0 Å². The summed E-state index contributed by atoms with van der Waals surface area (Å²) in [5, 5.41) is 3.02. The molecule has 5 nitrogen and oxygen atoms in total. The second-order valence-electron chi connectivity index (χ2n) is 3.82. The molecule has 0 aliphatic heterocycles. The van der Waals surface area contributed by atoms with Crippen LogP contribution in [0.3, 0.4) is 0 Å². The van der Waals surface area contributed by atoms with Gasteiger partial charge in [0.25, 0.3) is 0 Å². The van der Waals surface area contributed by atoms with E-state index in [2.05, 4.69) is 21.2 Å².